The van der Waals surface area contributed by atoms with Gasteiger partial charge in [0.2, 0.25) is 5.91 Å². The maximum Gasteiger partial charge on any atom is 0.414 e. The summed E-state index contributed by atoms with van der Waals surface area (Å²) in [6, 6.07) is 12.4. The zero-order valence-corrected chi connectivity index (χ0v) is 16.3. The number of nitrogens with zero attached hydrogens (tertiary/aromatic N) is 2. The Labute approximate surface area is 167 Å². The first-order valence-corrected chi connectivity index (χ1v) is 10.4. The summed E-state index contributed by atoms with van der Waals surface area (Å²) in [7, 11) is -3.67. The molecule has 0 aromatic heterocycles. The number of sulfonamides is 1. The predicted octanol–water partition coefficient (Wildman–Crippen LogP) is 1.71. The number of hydrogen-bond acceptors (Lipinski definition) is 6. The number of benzene rings is 2. The number of amidine groups is 1. The summed E-state index contributed by atoms with van der Waals surface area (Å²) in [5.74, 6) is -0.279. The van der Waals surface area contributed by atoms with E-state index >= 15 is 0 Å². The summed E-state index contributed by atoms with van der Waals surface area (Å²) < 4.78 is 31.6. The Hall–Kier alpha value is -3.40. The average Bonchev–Trinajstić information content (AvgIpc) is 3.23. The Balaban J connectivity index is 1.51. The Morgan fingerprint density at radius 3 is 2.79 bits per heavy atom. The van der Waals surface area contributed by atoms with Crippen LogP contribution in [0.25, 0.3) is 0 Å². The van der Waals surface area contributed by atoms with Crippen molar-refractivity contribution in [1.82, 2.24) is 4.72 Å². The molecule has 2 heterocycles. The van der Waals surface area contributed by atoms with Crippen LogP contribution in [0.5, 0.6) is 0 Å². The zero-order chi connectivity index (χ0) is 20.6. The summed E-state index contributed by atoms with van der Waals surface area (Å²) >= 11 is 0. The van der Waals surface area contributed by atoms with E-state index < -0.39 is 28.1 Å². The number of fused-ring (bicyclic) bond motifs is 1. The molecule has 1 fully saturated rings. The molecule has 0 unspecified atom stereocenters. The Morgan fingerprint density at radius 1 is 1.24 bits per heavy atom. The maximum atomic E-state index is 12.6. The van der Waals surface area contributed by atoms with Gasteiger partial charge in [-0.25, -0.2) is 13.2 Å². The molecule has 0 radical (unpaired) electrons. The molecular formula is C19H18N4O5S. The molecule has 4 rings (SSSR count). The second-order valence-corrected chi connectivity index (χ2v) is 8.21. The monoisotopic (exact) mass is 414 g/mol. The number of cyclic esters (lactones) is 1. The Kier molecular flexibility index (Phi) is 4.71. The van der Waals surface area contributed by atoms with E-state index in [-0.39, 0.29) is 10.7 Å². The SMILES string of the molecule is C[C@H](N=C1NS(=O)(=O)c2ccccc21)C(=O)Nc1cccc(N2CCOC2=O)c1. The third-order valence-electron chi connectivity index (χ3n) is 4.55. The van der Waals surface area contributed by atoms with Crippen LogP contribution in [0.3, 0.4) is 0 Å². The molecule has 10 heteroatoms. The number of carbonyl (C=O) groups is 2. The van der Waals surface area contributed by atoms with Crippen molar-refractivity contribution in [3.05, 3.63) is 54.1 Å². The van der Waals surface area contributed by atoms with Crippen LogP contribution in [0.4, 0.5) is 16.2 Å². The molecule has 0 aliphatic carbocycles. The lowest BCUT2D eigenvalue weighted by Gasteiger charge is -2.15. The Morgan fingerprint density at radius 2 is 2.03 bits per heavy atom. The van der Waals surface area contributed by atoms with E-state index in [1.54, 1.807) is 49.4 Å². The van der Waals surface area contributed by atoms with Gasteiger partial charge < -0.3 is 10.1 Å². The van der Waals surface area contributed by atoms with Gasteiger partial charge in [-0.2, -0.15) is 0 Å². The number of nitrogens with one attached hydrogen (secondary N) is 2. The zero-order valence-electron chi connectivity index (χ0n) is 15.5. The minimum absolute atomic E-state index is 0.136. The van der Waals surface area contributed by atoms with E-state index in [0.717, 1.165) is 0 Å². The summed E-state index contributed by atoms with van der Waals surface area (Å²) in [5.41, 5.74) is 1.54. The molecular weight excluding hydrogens is 396 g/mol. The van der Waals surface area contributed by atoms with Crippen molar-refractivity contribution in [2.75, 3.05) is 23.4 Å². The minimum atomic E-state index is -3.67. The second-order valence-electron chi connectivity index (χ2n) is 6.56. The van der Waals surface area contributed by atoms with Gasteiger partial charge in [-0.1, -0.05) is 18.2 Å². The first kappa shape index (κ1) is 18.9. The van der Waals surface area contributed by atoms with Gasteiger partial charge in [0.15, 0.2) is 0 Å². The number of hydrogen-bond donors (Lipinski definition) is 2. The van der Waals surface area contributed by atoms with E-state index in [0.29, 0.717) is 30.1 Å². The molecule has 29 heavy (non-hydrogen) atoms. The van der Waals surface area contributed by atoms with E-state index in [4.69, 9.17) is 4.74 Å². The van der Waals surface area contributed by atoms with E-state index in [1.807, 2.05) is 0 Å². The molecule has 2 amide bonds. The van der Waals surface area contributed by atoms with Crippen LogP contribution in [0.1, 0.15) is 12.5 Å². The van der Waals surface area contributed by atoms with Crippen molar-refractivity contribution in [2.24, 2.45) is 4.99 Å². The normalized spacial score (nSPS) is 19.4. The van der Waals surface area contributed by atoms with Gasteiger partial charge in [-0.15, -0.1) is 0 Å². The molecule has 2 N–H and O–H groups in total. The van der Waals surface area contributed by atoms with Crippen molar-refractivity contribution < 1.29 is 22.7 Å². The van der Waals surface area contributed by atoms with Crippen LogP contribution in [0, 0.1) is 0 Å². The fraction of sp³-hybridized carbons (Fsp3) is 0.211. The average molecular weight is 414 g/mol. The molecule has 0 spiro atoms. The van der Waals surface area contributed by atoms with Gasteiger partial charge in [0.1, 0.15) is 18.5 Å². The number of aliphatic imine (C=N–C) groups is 1. The van der Waals surface area contributed by atoms with Crippen molar-refractivity contribution in [2.45, 2.75) is 17.9 Å². The van der Waals surface area contributed by atoms with Crippen molar-refractivity contribution in [1.29, 1.82) is 0 Å². The molecule has 2 aromatic rings. The molecule has 2 aromatic carbocycles. The van der Waals surface area contributed by atoms with Crippen LogP contribution < -0.4 is 14.9 Å². The first-order valence-electron chi connectivity index (χ1n) is 8.90. The lowest BCUT2D eigenvalue weighted by atomic mass is 10.2. The van der Waals surface area contributed by atoms with Crippen molar-refractivity contribution in [3.63, 3.8) is 0 Å². The number of anilines is 2. The molecule has 0 bridgehead atoms. The summed E-state index contributed by atoms with van der Waals surface area (Å²) in [5, 5.41) is 2.74. The van der Waals surface area contributed by atoms with E-state index in [2.05, 4.69) is 15.0 Å². The summed E-state index contributed by atoms with van der Waals surface area (Å²) in [6.07, 6.45) is -0.430. The first-order chi connectivity index (χ1) is 13.8. The number of ether oxygens (including phenoxy) is 1. The molecule has 150 valence electrons. The predicted molar refractivity (Wildman–Crippen MR) is 107 cm³/mol. The number of rotatable bonds is 4. The highest BCUT2D eigenvalue weighted by Gasteiger charge is 2.31. The van der Waals surface area contributed by atoms with Crippen molar-refractivity contribution >= 4 is 39.2 Å². The molecule has 2 aliphatic heterocycles. The molecule has 2 aliphatic rings. The second kappa shape index (κ2) is 7.21. The highest BCUT2D eigenvalue weighted by atomic mass is 32.2. The van der Waals surface area contributed by atoms with Crippen LogP contribution >= 0.6 is 0 Å². The fourth-order valence-corrected chi connectivity index (χ4v) is 4.35. The third kappa shape index (κ3) is 3.66. The highest BCUT2D eigenvalue weighted by molar-refractivity contribution is 7.90. The van der Waals surface area contributed by atoms with Gasteiger partial charge in [-0.05, 0) is 37.3 Å². The molecule has 0 saturated carbocycles. The number of carbonyl (C=O) groups excluding carboxylic acids is 2. The van der Waals surface area contributed by atoms with Gasteiger partial charge in [0, 0.05) is 16.9 Å². The molecule has 9 nitrogen and oxygen atoms in total. The van der Waals surface area contributed by atoms with Gasteiger partial charge in [-0.3, -0.25) is 19.4 Å². The molecule has 1 atom stereocenters. The quantitative estimate of drug-likeness (QED) is 0.790. The van der Waals surface area contributed by atoms with E-state index in [9.17, 15) is 18.0 Å². The summed E-state index contributed by atoms with van der Waals surface area (Å²) in [4.78, 5) is 30.1. The largest absolute Gasteiger partial charge is 0.447 e. The van der Waals surface area contributed by atoms with Crippen LogP contribution in [0.15, 0.2) is 58.4 Å². The van der Waals surface area contributed by atoms with E-state index in [1.165, 1.54) is 11.0 Å². The van der Waals surface area contributed by atoms with Gasteiger partial charge in [0.25, 0.3) is 10.0 Å². The third-order valence-corrected chi connectivity index (χ3v) is 5.95. The maximum absolute atomic E-state index is 12.6. The van der Waals surface area contributed by atoms with Crippen molar-refractivity contribution in [3.8, 4) is 0 Å². The Bertz CT molecular complexity index is 1130. The minimum Gasteiger partial charge on any atom is -0.447 e. The van der Waals surface area contributed by atoms with Crippen LogP contribution in [-0.2, 0) is 19.6 Å². The van der Waals surface area contributed by atoms with Gasteiger partial charge in [0.05, 0.1) is 11.4 Å². The smallest absolute Gasteiger partial charge is 0.414 e. The highest BCUT2D eigenvalue weighted by Crippen LogP contribution is 2.24. The topological polar surface area (TPSA) is 117 Å². The lowest BCUT2D eigenvalue weighted by molar-refractivity contribution is -0.117. The van der Waals surface area contributed by atoms with Crippen LogP contribution in [0.2, 0.25) is 0 Å². The lowest BCUT2D eigenvalue weighted by Crippen LogP contribution is -2.29. The summed E-state index contributed by atoms with van der Waals surface area (Å²) in [6.45, 7) is 2.33. The number of amides is 2. The van der Waals surface area contributed by atoms with Gasteiger partial charge >= 0.3 is 6.09 Å². The standard InChI is InChI=1S/C19H18N4O5S/c1-12(20-17-15-7-2-3-8-16(15)29(26,27)22-17)18(24)21-13-5-4-6-14(11-13)23-9-10-28-19(23)25/h2-8,11-12H,9-10H2,1H3,(H,20,22)(H,21,24)/t12-/m0/s1. The fourth-order valence-electron chi connectivity index (χ4n) is 3.11. The van der Waals surface area contributed by atoms with Crippen LogP contribution in [-0.4, -0.2) is 45.4 Å². The molecule has 1 saturated heterocycles.